The number of aromatic amines is 1. The second-order valence-electron chi connectivity index (χ2n) is 3.77. The maximum absolute atomic E-state index is 10.5. The van der Waals surface area contributed by atoms with Crippen LogP contribution >= 0.6 is 0 Å². The van der Waals surface area contributed by atoms with E-state index in [1.165, 1.54) is 12.8 Å². The fourth-order valence-electron chi connectivity index (χ4n) is 1.30. The molecule has 0 aliphatic heterocycles. The molecule has 1 heterocycles. The van der Waals surface area contributed by atoms with Gasteiger partial charge in [0.1, 0.15) is 11.5 Å². The van der Waals surface area contributed by atoms with Crippen molar-refractivity contribution in [2.75, 3.05) is 0 Å². The molecule has 1 saturated carbocycles. The molecular weight excluding hydrogens is 152 g/mol. The molecule has 0 spiro atoms. The predicted molar refractivity (Wildman–Crippen MR) is 45.3 cm³/mol. The van der Waals surface area contributed by atoms with E-state index in [0.717, 1.165) is 17.8 Å². The van der Waals surface area contributed by atoms with Crippen molar-refractivity contribution in [3.05, 3.63) is 17.2 Å². The first kappa shape index (κ1) is 7.53. The van der Waals surface area contributed by atoms with Crippen molar-refractivity contribution in [1.29, 1.82) is 0 Å². The lowest BCUT2D eigenvalue weighted by Crippen LogP contribution is -2.02. The number of carbonyl (C=O) groups is 1. The fraction of sp³-hybridized carbons (Fsp3) is 0.556. The second kappa shape index (κ2) is 2.19. The standard InChI is InChI=1S/C9H12N2O/c1-6-7(5-12)11-8(10-6)9(2)3-4-9/h5H,3-4H2,1-2H3,(H,10,11). The number of imidazole rings is 1. The highest BCUT2D eigenvalue weighted by Gasteiger charge is 2.42. The number of H-pyrrole nitrogens is 1. The van der Waals surface area contributed by atoms with E-state index in [0.29, 0.717) is 5.69 Å². The van der Waals surface area contributed by atoms with Gasteiger partial charge in [-0.1, -0.05) is 6.92 Å². The molecule has 1 aromatic heterocycles. The van der Waals surface area contributed by atoms with Crippen LogP contribution in [0.15, 0.2) is 0 Å². The van der Waals surface area contributed by atoms with Crippen LogP contribution in [0.4, 0.5) is 0 Å². The van der Waals surface area contributed by atoms with Gasteiger partial charge in [0.15, 0.2) is 6.29 Å². The molecule has 2 rings (SSSR count). The van der Waals surface area contributed by atoms with Crippen molar-refractivity contribution in [1.82, 2.24) is 9.97 Å². The number of aldehydes is 1. The van der Waals surface area contributed by atoms with Gasteiger partial charge in [-0.05, 0) is 19.8 Å². The third-order valence-electron chi connectivity index (χ3n) is 2.61. The molecule has 1 aliphatic rings. The Bertz CT molecular complexity index is 323. The third kappa shape index (κ3) is 0.967. The maximum Gasteiger partial charge on any atom is 0.170 e. The Hall–Kier alpha value is -1.12. The van der Waals surface area contributed by atoms with Crippen molar-refractivity contribution in [3.63, 3.8) is 0 Å². The molecule has 0 radical (unpaired) electrons. The van der Waals surface area contributed by atoms with E-state index in [1.54, 1.807) is 0 Å². The molecule has 1 aromatic rings. The number of rotatable bonds is 2. The van der Waals surface area contributed by atoms with Crippen molar-refractivity contribution in [3.8, 4) is 0 Å². The van der Waals surface area contributed by atoms with Crippen LogP contribution in [0.1, 0.15) is 41.8 Å². The number of aryl methyl sites for hydroxylation is 1. The summed E-state index contributed by atoms with van der Waals surface area (Å²) >= 11 is 0. The molecule has 1 fully saturated rings. The molecule has 0 atom stereocenters. The minimum atomic E-state index is 0.228. The summed E-state index contributed by atoms with van der Waals surface area (Å²) in [5, 5.41) is 0. The fourth-order valence-corrected chi connectivity index (χ4v) is 1.30. The van der Waals surface area contributed by atoms with Gasteiger partial charge in [-0.2, -0.15) is 0 Å². The Balaban J connectivity index is 2.40. The summed E-state index contributed by atoms with van der Waals surface area (Å²) < 4.78 is 0. The van der Waals surface area contributed by atoms with E-state index < -0.39 is 0 Å². The monoisotopic (exact) mass is 164 g/mol. The number of nitrogens with one attached hydrogen (secondary N) is 1. The minimum Gasteiger partial charge on any atom is -0.345 e. The van der Waals surface area contributed by atoms with Gasteiger partial charge < -0.3 is 4.98 Å². The molecule has 0 bridgehead atoms. The number of aromatic nitrogens is 2. The highest BCUT2D eigenvalue weighted by molar-refractivity contribution is 5.73. The lowest BCUT2D eigenvalue weighted by molar-refractivity contribution is 0.111. The predicted octanol–water partition coefficient (Wildman–Crippen LogP) is 1.58. The molecule has 3 nitrogen and oxygen atoms in total. The zero-order valence-electron chi connectivity index (χ0n) is 7.35. The first-order valence-electron chi connectivity index (χ1n) is 4.18. The van der Waals surface area contributed by atoms with Crippen LogP contribution < -0.4 is 0 Å². The highest BCUT2D eigenvalue weighted by Crippen LogP contribution is 2.46. The zero-order valence-corrected chi connectivity index (χ0v) is 7.35. The highest BCUT2D eigenvalue weighted by atomic mass is 16.1. The van der Waals surface area contributed by atoms with Gasteiger partial charge in [0.2, 0.25) is 0 Å². The van der Waals surface area contributed by atoms with E-state index in [1.807, 2.05) is 6.92 Å². The van der Waals surface area contributed by atoms with E-state index in [9.17, 15) is 4.79 Å². The van der Waals surface area contributed by atoms with Gasteiger partial charge in [-0.15, -0.1) is 0 Å². The molecule has 0 unspecified atom stereocenters. The summed E-state index contributed by atoms with van der Waals surface area (Å²) in [5.41, 5.74) is 1.66. The topological polar surface area (TPSA) is 45.8 Å². The van der Waals surface area contributed by atoms with E-state index in [-0.39, 0.29) is 5.41 Å². The molecular formula is C9H12N2O. The first-order valence-corrected chi connectivity index (χ1v) is 4.18. The molecule has 0 saturated heterocycles. The van der Waals surface area contributed by atoms with Crippen LogP contribution in [0.3, 0.4) is 0 Å². The first-order chi connectivity index (χ1) is 5.65. The lowest BCUT2D eigenvalue weighted by Gasteiger charge is -2.00. The Morgan fingerprint density at radius 3 is 2.67 bits per heavy atom. The number of nitrogens with zero attached hydrogens (tertiary/aromatic N) is 1. The van der Waals surface area contributed by atoms with Crippen LogP contribution in [0.25, 0.3) is 0 Å². The normalized spacial score (nSPS) is 19.2. The van der Waals surface area contributed by atoms with E-state index in [4.69, 9.17) is 0 Å². The van der Waals surface area contributed by atoms with Gasteiger partial charge in [-0.25, -0.2) is 4.98 Å². The second-order valence-corrected chi connectivity index (χ2v) is 3.77. The summed E-state index contributed by atoms with van der Waals surface area (Å²) in [7, 11) is 0. The Labute approximate surface area is 71.2 Å². The van der Waals surface area contributed by atoms with Gasteiger partial charge in [0.05, 0.1) is 0 Å². The molecule has 0 aromatic carbocycles. The van der Waals surface area contributed by atoms with Gasteiger partial charge >= 0.3 is 0 Å². The van der Waals surface area contributed by atoms with Gasteiger partial charge in [0.25, 0.3) is 0 Å². The van der Waals surface area contributed by atoms with Gasteiger partial charge in [-0.3, -0.25) is 4.79 Å². The van der Waals surface area contributed by atoms with Crippen LogP contribution in [0.2, 0.25) is 0 Å². The maximum atomic E-state index is 10.5. The van der Waals surface area contributed by atoms with Crippen LogP contribution in [-0.2, 0) is 5.41 Å². The summed E-state index contributed by atoms with van der Waals surface area (Å²) in [4.78, 5) is 17.9. The van der Waals surface area contributed by atoms with Crippen molar-refractivity contribution in [2.45, 2.75) is 32.1 Å². The molecule has 64 valence electrons. The van der Waals surface area contributed by atoms with Crippen LogP contribution in [0, 0.1) is 6.92 Å². The smallest absolute Gasteiger partial charge is 0.170 e. The van der Waals surface area contributed by atoms with Crippen molar-refractivity contribution in [2.24, 2.45) is 0 Å². The third-order valence-corrected chi connectivity index (χ3v) is 2.61. The van der Waals surface area contributed by atoms with E-state index >= 15 is 0 Å². The van der Waals surface area contributed by atoms with E-state index in [2.05, 4.69) is 16.9 Å². The number of carbonyl (C=O) groups excluding carboxylic acids is 1. The molecule has 1 aliphatic carbocycles. The molecule has 3 heteroatoms. The Morgan fingerprint density at radius 2 is 2.25 bits per heavy atom. The Kier molecular flexibility index (Phi) is 1.37. The summed E-state index contributed by atoms with van der Waals surface area (Å²) in [6.07, 6.45) is 3.16. The summed E-state index contributed by atoms with van der Waals surface area (Å²) in [6.45, 7) is 4.05. The average Bonchev–Trinajstić information content (AvgIpc) is 2.65. The van der Waals surface area contributed by atoms with Crippen LogP contribution in [-0.4, -0.2) is 16.3 Å². The molecule has 0 amide bonds. The lowest BCUT2D eigenvalue weighted by atomic mass is 10.1. The zero-order chi connectivity index (χ0) is 8.77. The SMILES string of the molecule is Cc1[nH]c(C2(C)CC2)nc1C=O. The molecule has 12 heavy (non-hydrogen) atoms. The van der Waals surface area contributed by atoms with Gasteiger partial charge in [0, 0.05) is 11.1 Å². The van der Waals surface area contributed by atoms with Crippen LogP contribution in [0.5, 0.6) is 0 Å². The number of hydrogen-bond donors (Lipinski definition) is 1. The largest absolute Gasteiger partial charge is 0.345 e. The van der Waals surface area contributed by atoms with Crippen molar-refractivity contribution < 1.29 is 4.79 Å². The average molecular weight is 164 g/mol. The molecule has 1 N–H and O–H groups in total. The van der Waals surface area contributed by atoms with Crippen molar-refractivity contribution >= 4 is 6.29 Å². The quantitative estimate of drug-likeness (QED) is 0.674. The Morgan fingerprint density at radius 1 is 1.58 bits per heavy atom. The number of hydrogen-bond acceptors (Lipinski definition) is 2. The summed E-state index contributed by atoms with van der Waals surface area (Å²) in [6, 6.07) is 0. The minimum absolute atomic E-state index is 0.228. The summed E-state index contributed by atoms with van der Waals surface area (Å²) in [5.74, 6) is 0.974.